The molecule has 0 aliphatic carbocycles. The van der Waals surface area contributed by atoms with E-state index in [4.69, 9.17) is 24.4 Å². The van der Waals surface area contributed by atoms with Gasteiger partial charge in [-0.3, -0.25) is 0 Å². The molecule has 11 aromatic rings. The summed E-state index contributed by atoms with van der Waals surface area (Å²) >= 11 is 1.79. The maximum atomic E-state index is 6.48. The van der Waals surface area contributed by atoms with Crippen molar-refractivity contribution < 1.29 is 4.42 Å². The van der Waals surface area contributed by atoms with E-state index in [0.717, 1.165) is 66.4 Å². The minimum absolute atomic E-state index is 0.620. The van der Waals surface area contributed by atoms with Crippen LogP contribution in [0, 0.1) is 0 Å². The minimum atomic E-state index is 0.620. The Morgan fingerprint density at radius 1 is 0.375 bits per heavy atom. The normalized spacial score (nSPS) is 11.6. The van der Waals surface area contributed by atoms with Crippen LogP contribution in [0.1, 0.15) is 0 Å². The molecule has 8 aromatic carbocycles. The molecule has 0 aliphatic heterocycles. The van der Waals surface area contributed by atoms with Gasteiger partial charge in [-0.1, -0.05) is 146 Å². The maximum Gasteiger partial charge on any atom is 0.227 e. The van der Waals surface area contributed by atoms with Crippen molar-refractivity contribution in [1.29, 1.82) is 0 Å². The van der Waals surface area contributed by atoms with E-state index in [9.17, 15) is 0 Å². The smallest absolute Gasteiger partial charge is 0.227 e. The van der Waals surface area contributed by atoms with Gasteiger partial charge >= 0.3 is 0 Å². The number of fused-ring (bicyclic) bond motifs is 6. The molecule has 262 valence electrons. The highest BCUT2D eigenvalue weighted by atomic mass is 32.1. The fourth-order valence-corrected chi connectivity index (χ4v) is 8.81. The molecule has 0 fully saturated rings. The molecule has 0 unspecified atom stereocenters. The third-order valence-corrected chi connectivity index (χ3v) is 11.5. The highest BCUT2D eigenvalue weighted by Crippen LogP contribution is 2.41. The molecule has 56 heavy (non-hydrogen) atoms. The van der Waals surface area contributed by atoms with Gasteiger partial charge in [0.05, 0.1) is 0 Å². The van der Waals surface area contributed by atoms with Gasteiger partial charge in [0.15, 0.2) is 23.1 Å². The highest BCUT2D eigenvalue weighted by Gasteiger charge is 2.18. The van der Waals surface area contributed by atoms with Crippen LogP contribution in [-0.2, 0) is 0 Å². The topological polar surface area (TPSA) is 64.7 Å². The van der Waals surface area contributed by atoms with Crippen molar-refractivity contribution in [3.8, 4) is 67.9 Å². The molecular formula is C50H30N4OS. The molecule has 5 nitrogen and oxygen atoms in total. The molecule has 0 bridgehead atoms. The van der Waals surface area contributed by atoms with Crippen LogP contribution < -0.4 is 0 Å². The predicted molar refractivity (Wildman–Crippen MR) is 230 cm³/mol. The van der Waals surface area contributed by atoms with Crippen LogP contribution in [0.5, 0.6) is 0 Å². The summed E-state index contributed by atoms with van der Waals surface area (Å²) in [7, 11) is 0. The number of thiophene rings is 1. The minimum Gasteiger partial charge on any atom is -0.435 e. The third kappa shape index (κ3) is 5.54. The molecule has 0 saturated heterocycles. The second-order valence-electron chi connectivity index (χ2n) is 13.8. The first-order valence-electron chi connectivity index (χ1n) is 18.5. The number of oxazole rings is 1. The first kappa shape index (κ1) is 32.2. The van der Waals surface area contributed by atoms with Crippen molar-refractivity contribution in [2.45, 2.75) is 0 Å². The molecule has 0 atom stereocenters. The molecule has 0 radical (unpaired) electrons. The fourth-order valence-electron chi connectivity index (χ4n) is 7.68. The Bertz CT molecular complexity index is 3240. The zero-order valence-electron chi connectivity index (χ0n) is 29.9. The van der Waals surface area contributed by atoms with Crippen molar-refractivity contribution in [3.63, 3.8) is 0 Å². The summed E-state index contributed by atoms with van der Waals surface area (Å²) < 4.78 is 8.94. The van der Waals surface area contributed by atoms with Gasteiger partial charge in [0.2, 0.25) is 5.89 Å². The average molecular weight is 735 g/mol. The summed E-state index contributed by atoms with van der Waals surface area (Å²) in [4.78, 5) is 20.1. The Hall–Kier alpha value is -7.28. The lowest BCUT2D eigenvalue weighted by Gasteiger charge is -2.11. The monoisotopic (exact) mass is 734 g/mol. The average Bonchev–Trinajstić information content (AvgIpc) is 3.89. The van der Waals surface area contributed by atoms with E-state index >= 15 is 0 Å². The van der Waals surface area contributed by atoms with Gasteiger partial charge in [-0.2, -0.15) is 0 Å². The number of nitrogens with zero attached hydrogens (tertiary/aromatic N) is 4. The molecule has 3 aromatic heterocycles. The largest absolute Gasteiger partial charge is 0.435 e. The molecular weight excluding hydrogens is 705 g/mol. The van der Waals surface area contributed by atoms with Crippen molar-refractivity contribution in [2.24, 2.45) is 0 Å². The number of aromatic nitrogens is 4. The Labute approximate surface area is 326 Å². The Morgan fingerprint density at radius 3 is 1.80 bits per heavy atom. The zero-order valence-corrected chi connectivity index (χ0v) is 30.7. The number of hydrogen-bond acceptors (Lipinski definition) is 6. The van der Waals surface area contributed by atoms with Gasteiger partial charge in [-0.25, -0.2) is 19.9 Å². The summed E-state index contributed by atoms with van der Waals surface area (Å²) in [6.07, 6.45) is 0. The van der Waals surface area contributed by atoms with E-state index in [0.29, 0.717) is 23.4 Å². The van der Waals surface area contributed by atoms with Gasteiger partial charge < -0.3 is 4.42 Å². The number of hydrogen-bond donors (Lipinski definition) is 0. The first-order valence-corrected chi connectivity index (χ1v) is 19.4. The van der Waals surface area contributed by atoms with Gasteiger partial charge in [0.25, 0.3) is 0 Å². The molecule has 0 N–H and O–H groups in total. The molecule has 0 amide bonds. The number of rotatable bonds is 6. The SMILES string of the molecule is c1ccc(-c2nc(-c3ccc(-c4cccc(-c5cccc6ccc7nc(-c8ccccc8)oc7c56)c4)cc3)nc(-c3cccc4sc5ccccc5c34)n2)cc1. The van der Waals surface area contributed by atoms with Gasteiger partial charge in [-0.15, -0.1) is 11.3 Å². The van der Waals surface area contributed by atoms with Crippen molar-refractivity contribution in [2.75, 3.05) is 0 Å². The lowest BCUT2D eigenvalue weighted by molar-refractivity contribution is 0.623. The summed E-state index contributed by atoms with van der Waals surface area (Å²) in [6, 6.07) is 62.9. The molecule has 6 heteroatoms. The Balaban J connectivity index is 0.991. The molecule has 11 rings (SSSR count). The van der Waals surface area contributed by atoms with Crippen LogP contribution in [0.25, 0.3) is 110 Å². The standard InChI is InChI=1S/C50H30N4OS/c1-3-12-33(13-4-1)47-52-48(54-49(53-47)40-21-11-23-43-45(40)39-19-7-8-22-42(39)56-43)34-26-24-31(25-27-34)36-17-9-18-37(30-36)38-20-10-16-32-28-29-41-46(44(32)38)55-50(51-41)35-14-5-2-6-15-35/h1-30H. The van der Waals surface area contributed by atoms with Crippen LogP contribution in [0.4, 0.5) is 0 Å². The summed E-state index contributed by atoms with van der Waals surface area (Å²) in [5.41, 5.74) is 9.87. The fraction of sp³-hybridized carbons (Fsp3) is 0. The number of benzene rings is 8. The highest BCUT2D eigenvalue weighted by molar-refractivity contribution is 7.25. The zero-order chi connectivity index (χ0) is 37.0. The van der Waals surface area contributed by atoms with Crippen LogP contribution >= 0.6 is 11.3 Å². The maximum absolute atomic E-state index is 6.48. The first-order chi connectivity index (χ1) is 27.7. The molecule has 0 aliphatic rings. The van der Waals surface area contributed by atoms with Gasteiger partial charge in [0.1, 0.15) is 5.52 Å². The van der Waals surface area contributed by atoms with E-state index in [1.54, 1.807) is 11.3 Å². The van der Waals surface area contributed by atoms with Crippen LogP contribution in [0.3, 0.4) is 0 Å². The Morgan fingerprint density at radius 2 is 0.982 bits per heavy atom. The van der Waals surface area contributed by atoms with Crippen LogP contribution in [0.15, 0.2) is 186 Å². The molecule has 3 heterocycles. The van der Waals surface area contributed by atoms with E-state index in [2.05, 4.69) is 115 Å². The molecule has 0 saturated carbocycles. The Kier molecular flexibility index (Phi) is 7.60. The van der Waals surface area contributed by atoms with Crippen molar-refractivity contribution in [3.05, 3.63) is 182 Å². The second-order valence-corrected chi connectivity index (χ2v) is 14.9. The van der Waals surface area contributed by atoms with E-state index in [-0.39, 0.29) is 0 Å². The molecule has 0 spiro atoms. The lowest BCUT2D eigenvalue weighted by atomic mass is 9.94. The van der Waals surface area contributed by atoms with Crippen molar-refractivity contribution in [1.82, 2.24) is 19.9 Å². The summed E-state index contributed by atoms with van der Waals surface area (Å²) in [5, 5.41) is 4.55. The third-order valence-electron chi connectivity index (χ3n) is 10.4. The lowest BCUT2D eigenvalue weighted by Crippen LogP contribution is -2.00. The predicted octanol–water partition coefficient (Wildman–Crippen LogP) is 13.5. The van der Waals surface area contributed by atoms with Crippen LogP contribution in [0.2, 0.25) is 0 Å². The quantitative estimate of drug-likeness (QED) is 0.170. The van der Waals surface area contributed by atoms with E-state index < -0.39 is 0 Å². The van der Waals surface area contributed by atoms with Gasteiger partial charge in [0, 0.05) is 47.8 Å². The van der Waals surface area contributed by atoms with E-state index in [1.165, 1.54) is 20.2 Å². The summed E-state index contributed by atoms with van der Waals surface area (Å²) in [6.45, 7) is 0. The van der Waals surface area contributed by atoms with E-state index in [1.807, 2.05) is 66.7 Å². The summed E-state index contributed by atoms with van der Waals surface area (Å²) in [5.74, 6) is 2.56. The van der Waals surface area contributed by atoms with Crippen LogP contribution in [-0.4, -0.2) is 19.9 Å². The van der Waals surface area contributed by atoms with Gasteiger partial charge in [-0.05, 0) is 64.0 Å². The van der Waals surface area contributed by atoms with Crippen molar-refractivity contribution >= 4 is 53.4 Å². The second kappa shape index (κ2) is 13.2.